The molecule has 0 atom stereocenters. The Bertz CT molecular complexity index is 1060. The second kappa shape index (κ2) is 8.14. The highest BCUT2D eigenvalue weighted by Gasteiger charge is 2.22. The summed E-state index contributed by atoms with van der Waals surface area (Å²) in [5, 5.41) is 1.05. The van der Waals surface area contributed by atoms with Gasteiger partial charge in [0.1, 0.15) is 11.4 Å². The second-order valence-corrected chi connectivity index (χ2v) is 7.25. The van der Waals surface area contributed by atoms with E-state index in [4.69, 9.17) is 4.74 Å². The number of aromatic nitrogens is 3. The Labute approximate surface area is 166 Å². The number of alkyl halides is 2. The number of fused-ring (bicyclic) bond motifs is 1. The lowest BCUT2D eigenvalue weighted by Gasteiger charge is -2.34. The summed E-state index contributed by atoms with van der Waals surface area (Å²) < 4.78 is 32.1. The zero-order chi connectivity index (χ0) is 20.4. The maximum absolute atomic E-state index is 12.7. The quantitative estimate of drug-likeness (QED) is 0.654. The van der Waals surface area contributed by atoms with Crippen molar-refractivity contribution in [2.24, 2.45) is 5.92 Å². The van der Waals surface area contributed by atoms with Gasteiger partial charge in [-0.2, -0.15) is 0 Å². The van der Waals surface area contributed by atoms with Crippen LogP contribution >= 0.6 is 0 Å². The smallest absolute Gasteiger partial charge is 0.280 e. The summed E-state index contributed by atoms with van der Waals surface area (Å²) in [6, 6.07) is 8.79. The molecule has 0 aliphatic carbocycles. The maximum Gasteiger partial charge on any atom is 0.280 e. The van der Waals surface area contributed by atoms with Crippen LogP contribution in [0.25, 0.3) is 10.9 Å². The normalized spacial score (nSPS) is 15.2. The zero-order valence-electron chi connectivity index (χ0n) is 16.1. The van der Waals surface area contributed by atoms with E-state index in [1.54, 1.807) is 7.11 Å². The SMILES string of the molecule is COc1ccc2nccc(N3CCC(Cn4cnc(C(F)F)cc4=O)CC3)c2c1. The van der Waals surface area contributed by atoms with Crippen LogP contribution in [0.1, 0.15) is 25.0 Å². The number of benzene rings is 1. The fourth-order valence-corrected chi connectivity index (χ4v) is 3.84. The molecule has 1 saturated heterocycles. The summed E-state index contributed by atoms with van der Waals surface area (Å²) in [5.41, 5.74) is 1.14. The van der Waals surface area contributed by atoms with Crippen molar-refractivity contribution in [3.63, 3.8) is 0 Å². The van der Waals surface area contributed by atoms with Gasteiger partial charge in [-0.1, -0.05) is 0 Å². The highest BCUT2D eigenvalue weighted by atomic mass is 19.3. The molecule has 1 aromatic carbocycles. The lowest BCUT2D eigenvalue weighted by atomic mass is 9.96. The Morgan fingerprint density at radius 2 is 1.97 bits per heavy atom. The first-order chi connectivity index (χ1) is 14.0. The standard InChI is InChI=1S/C21H22F2N4O2/c1-29-15-2-3-17-16(10-15)19(4-7-24-17)26-8-5-14(6-9-26)12-27-13-25-18(21(22)23)11-20(27)28/h2-4,7,10-11,13-14,21H,5-6,8-9,12H2,1H3. The number of piperidine rings is 1. The summed E-state index contributed by atoms with van der Waals surface area (Å²) in [4.78, 5) is 22.5. The number of hydrogen-bond acceptors (Lipinski definition) is 5. The fraction of sp³-hybridized carbons (Fsp3) is 0.381. The highest BCUT2D eigenvalue weighted by molar-refractivity contribution is 5.92. The van der Waals surface area contributed by atoms with Crippen molar-refractivity contribution in [2.75, 3.05) is 25.1 Å². The van der Waals surface area contributed by atoms with Gasteiger partial charge in [-0.15, -0.1) is 0 Å². The molecule has 0 amide bonds. The Hall–Kier alpha value is -3.03. The van der Waals surface area contributed by atoms with Crippen LogP contribution < -0.4 is 15.2 Å². The van der Waals surface area contributed by atoms with Gasteiger partial charge in [0.25, 0.3) is 12.0 Å². The average Bonchev–Trinajstić information content (AvgIpc) is 2.74. The number of anilines is 1. The van der Waals surface area contributed by atoms with Crippen LogP contribution in [-0.2, 0) is 6.54 Å². The zero-order valence-corrected chi connectivity index (χ0v) is 16.1. The molecule has 4 rings (SSSR count). The molecule has 3 aromatic rings. The summed E-state index contributed by atoms with van der Waals surface area (Å²) in [7, 11) is 1.65. The molecule has 3 heterocycles. The van der Waals surface area contributed by atoms with Crippen LogP contribution in [0.3, 0.4) is 0 Å². The molecule has 2 aromatic heterocycles. The van der Waals surface area contributed by atoms with Gasteiger partial charge in [-0.05, 0) is 43.0 Å². The lowest BCUT2D eigenvalue weighted by Crippen LogP contribution is -2.36. The third kappa shape index (κ3) is 4.06. The summed E-state index contributed by atoms with van der Waals surface area (Å²) in [6.45, 7) is 2.19. The van der Waals surface area contributed by atoms with E-state index in [0.29, 0.717) is 12.5 Å². The van der Waals surface area contributed by atoms with E-state index in [9.17, 15) is 13.6 Å². The number of rotatable bonds is 5. The average molecular weight is 400 g/mol. The summed E-state index contributed by atoms with van der Waals surface area (Å²) in [5.74, 6) is 1.09. The first kappa shape index (κ1) is 19.3. The Kier molecular flexibility index (Phi) is 5.42. The van der Waals surface area contributed by atoms with E-state index in [-0.39, 0.29) is 0 Å². The van der Waals surface area contributed by atoms with Crippen molar-refractivity contribution >= 4 is 16.6 Å². The number of halogens is 2. The van der Waals surface area contributed by atoms with Gasteiger partial charge in [-0.3, -0.25) is 14.3 Å². The van der Waals surface area contributed by atoms with Crippen molar-refractivity contribution in [1.29, 1.82) is 0 Å². The molecular formula is C21H22F2N4O2. The van der Waals surface area contributed by atoms with E-state index >= 15 is 0 Å². The fourth-order valence-electron chi connectivity index (χ4n) is 3.84. The molecule has 1 aliphatic heterocycles. The topological polar surface area (TPSA) is 60.2 Å². The molecule has 0 unspecified atom stereocenters. The number of nitrogens with zero attached hydrogens (tertiary/aromatic N) is 4. The molecular weight excluding hydrogens is 378 g/mol. The van der Waals surface area contributed by atoms with Crippen LogP contribution in [-0.4, -0.2) is 34.7 Å². The molecule has 0 N–H and O–H groups in total. The van der Waals surface area contributed by atoms with Crippen molar-refractivity contribution in [3.05, 3.63) is 58.9 Å². The number of pyridine rings is 1. The molecule has 6 nitrogen and oxygen atoms in total. The first-order valence-electron chi connectivity index (χ1n) is 9.57. The van der Waals surface area contributed by atoms with E-state index < -0.39 is 17.7 Å². The van der Waals surface area contributed by atoms with E-state index in [0.717, 1.165) is 54.3 Å². The van der Waals surface area contributed by atoms with Crippen molar-refractivity contribution in [1.82, 2.24) is 14.5 Å². The van der Waals surface area contributed by atoms with Crippen LogP contribution in [0.4, 0.5) is 14.5 Å². The molecule has 152 valence electrons. The van der Waals surface area contributed by atoms with Crippen molar-refractivity contribution in [2.45, 2.75) is 25.8 Å². The van der Waals surface area contributed by atoms with Gasteiger partial charge in [-0.25, -0.2) is 13.8 Å². The van der Waals surface area contributed by atoms with Crippen LogP contribution in [0, 0.1) is 5.92 Å². The molecule has 1 fully saturated rings. The van der Waals surface area contributed by atoms with E-state index in [2.05, 4.69) is 14.9 Å². The van der Waals surface area contributed by atoms with Crippen LogP contribution in [0.5, 0.6) is 5.75 Å². The number of ether oxygens (including phenoxy) is 1. The molecule has 0 spiro atoms. The maximum atomic E-state index is 12.7. The van der Waals surface area contributed by atoms with Gasteiger partial charge < -0.3 is 9.64 Å². The van der Waals surface area contributed by atoms with Crippen LogP contribution in [0.15, 0.2) is 47.7 Å². The molecule has 8 heteroatoms. The van der Waals surface area contributed by atoms with Crippen LogP contribution in [0.2, 0.25) is 0 Å². The minimum atomic E-state index is -2.73. The summed E-state index contributed by atoms with van der Waals surface area (Å²) in [6.07, 6.45) is 2.12. The molecule has 0 bridgehead atoms. The van der Waals surface area contributed by atoms with Gasteiger partial charge in [0.05, 0.1) is 19.0 Å². The number of methoxy groups -OCH3 is 1. The van der Waals surface area contributed by atoms with Crippen molar-refractivity contribution < 1.29 is 13.5 Å². The molecule has 0 saturated carbocycles. The number of hydrogen-bond donors (Lipinski definition) is 0. The van der Waals surface area contributed by atoms with Gasteiger partial charge in [0.2, 0.25) is 0 Å². The predicted octanol–water partition coefficient (Wildman–Crippen LogP) is 3.65. The largest absolute Gasteiger partial charge is 0.497 e. The third-order valence-electron chi connectivity index (χ3n) is 5.46. The van der Waals surface area contributed by atoms with Crippen molar-refractivity contribution in [3.8, 4) is 5.75 Å². The van der Waals surface area contributed by atoms with E-state index in [1.165, 1.54) is 10.9 Å². The minimum absolute atomic E-state index is 0.297. The molecule has 0 radical (unpaired) electrons. The Morgan fingerprint density at radius 3 is 2.66 bits per heavy atom. The molecule has 29 heavy (non-hydrogen) atoms. The highest BCUT2D eigenvalue weighted by Crippen LogP contribution is 2.31. The predicted molar refractivity (Wildman–Crippen MR) is 107 cm³/mol. The minimum Gasteiger partial charge on any atom is -0.497 e. The summed E-state index contributed by atoms with van der Waals surface area (Å²) >= 11 is 0. The second-order valence-electron chi connectivity index (χ2n) is 7.25. The van der Waals surface area contributed by atoms with Gasteiger partial charge >= 0.3 is 0 Å². The monoisotopic (exact) mass is 400 g/mol. The van der Waals surface area contributed by atoms with Gasteiger partial charge in [0, 0.05) is 43.0 Å². The van der Waals surface area contributed by atoms with Gasteiger partial charge in [0.15, 0.2) is 0 Å². The Morgan fingerprint density at radius 1 is 1.17 bits per heavy atom. The third-order valence-corrected chi connectivity index (χ3v) is 5.46. The Balaban J connectivity index is 1.46. The molecule has 1 aliphatic rings. The lowest BCUT2D eigenvalue weighted by molar-refractivity contribution is 0.145. The first-order valence-corrected chi connectivity index (χ1v) is 9.57. The van der Waals surface area contributed by atoms with E-state index in [1.807, 2.05) is 30.5 Å².